The molecule has 0 aliphatic rings. The molecule has 0 saturated carbocycles. The first-order valence-electron chi connectivity index (χ1n) is 4.19. The van der Waals surface area contributed by atoms with Crippen LogP contribution in [0.15, 0.2) is 42.5 Å². The first kappa shape index (κ1) is 9.22. The normalized spacial score (nSPS) is 10.1. The van der Waals surface area contributed by atoms with Crippen molar-refractivity contribution >= 4 is 11.6 Å². The highest BCUT2D eigenvalue weighted by molar-refractivity contribution is 6.30. The molecule has 2 aromatic carbocycles. The molecule has 0 N–H and O–H groups in total. The smallest absolute Gasteiger partial charge is 0.123 e. The van der Waals surface area contributed by atoms with Gasteiger partial charge in [-0.25, -0.2) is 4.39 Å². The molecule has 69 valence electrons. The van der Waals surface area contributed by atoms with Crippen LogP contribution < -0.4 is 0 Å². The average Bonchev–Trinajstić information content (AvgIpc) is 2.18. The molecule has 0 aliphatic heterocycles. The molecule has 0 aliphatic carbocycles. The van der Waals surface area contributed by atoms with Crippen LogP contribution >= 0.6 is 11.6 Å². The molecule has 2 rings (SSSR count). The van der Waals surface area contributed by atoms with Gasteiger partial charge < -0.3 is 0 Å². The monoisotopic (exact) mass is 205 g/mol. The molecule has 0 amide bonds. The van der Waals surface area contributed by atoms with Gasteiger partial charge in [0.15, 0.2) is 0 Å². The Hall–Kier alpha value is -1.34. The molecule has 0 aromatic heterocycles. The molecule has 0 spiro atoms. The molecule has 0 heterocycles. The standard InChI is InChI=1S/C12H7ClF/c13-11-5-1-3-9(7-11)10-4-2-6-12(14)8-10/h1-3,5-8H. The van der Waals surface area contributed by atoms with E-state index in [4.69, 9.17) is 11.6 Å². The van der Waals surface area contributed by atoms with Crippen LogP contribution in [-0.4, -0.2) is 0 Å². The van der Waals surface area contributed by atoms with E-state index in [9.17, 15) is 4.39 Å². The lowest BCUT2D eigenvalue weighted by Crippen LogP contribution is -1.79. The van der Waals surface area contributed by atoms with E-state index in [0.717, 1.165) is 5.56 Å². The minimum absolute atomic E-state index is 0.265. The lowest BCUT2D eigenvalue weighted by Gasteiger charge is -2.01. The van der Waals surface area contributed by atoms with Gasteiger partial charge in [-0.3, -0.25) is 0 Å². The Kier molecular flexibility index (Phi) is 2.51. The lowest BCUT2D eigenvalue weighted by molar-refractivity contribution is 0.628. The summed E-state index contributed by atoms with van der Waals surface area (Å²) in [6.45, 7) is 0. The van der Waals surface area contributed by atoms with Crippen LogP contribution in [0.2, 0.25) is 5.02 Å². The molecular formula is C12H7ClF. The van der Waals surface area contributed by atoms with Gasteiger partial charge in [-0.2, -0.15) is 0 Å². The second-order valence-electron chi connectivity index (χ2n) is 2.93. The Balaban J connectivity index is 2.49. The zero-order chi connectivity index (χ0) is 9.97. The van der Waals surface area contributed by atoms with Crippen LogP contribution in [0.1, 0.15) is 0 Å². The predicted octanol–water partition coefficient (Wildman–Crippen LogP) is 3.95. The van der Waals surface area contributed by atoms with Crippen LogP contribution in [-0.2, 0) is 0 Å². The largest absolute Gasteiger partial charge is 0.207 e. The number of halogens is 2. The van der Waals surface area contributed by atoms with Gasteiger partial charge >= 0.3 is 0 Å². The minimum atomic E-state index is -0.265. The quantitative estimate of drug-likeness (QED) is 0.662. The fourth-order valence-electron chi connectivity index (χ4n) is 1.26. The van der Waals surface area contributed by atoms with E-state index < -0.39 is 0 Å². The number of hydrogen-bond acceptors (Lipinski definition) is 0. The molecule has 0 fully saturated rings. The topological polar surface area (TPSA) is 0 Å². The third kappa shape index (κ3) is 1.94. The maximum Gasteiger partial charge on any atom is 0.123 e. The molecule has 0 atom stereocenters. The van der Waals surface area contributed by atoms with Crippen molar-refractivity contribution in [3.05, 3.63) is 59.4 Å². The summed E-state index contributed by atoms with van der Waals surface area (Å²) in [6.07, 6.45) is 0. The third-order valence-corrected chi connectivity index (χ3v) is 2.13. The summed E-state index contributed by atoms with van der Waals surface area (Å²) in [4.78, 5) is 0. The second kappa shape index (κ2) is 3.81. The summed E-state index contributed by atoms with van der Waals surface area (Å²) in [6, 6.07) is 14.6. The fourth-order valence-corrected chi connectivity index (χ4v) is 1.45. The van der Waals surface area contributed by atoms with Gasteiger partial charge in [0.2, 0.25) is 0 Å². The average molecular weight is 206 g/mol. The second-order valence-corrected chi connectivity index (χ2v) is 3.37. The fraction of sp³-hybridized carbons (Fsp3) is 0. The van der Waals surface area contributed by atoms with Crippen molar-refractivity contribution in [3.8, 4) is 11.1 Å². The molecule has 0 bridgehead atoms. The lowest BCUT2D eigenvalue weighted by atomic mass is 10.1. The molecule has 1 radical (unpaired) electrons. The van der Waals surface area contributed by atoms with Crippen LogP contribution in [0.3, 0.4) is 0 Å². The van der Waals surface area contributed by atoms with Crippen molar-refractivity contribution in [2.75, 3.05) is 0 Å². The van der Waals surface area contributed by atoms with Crippen LogP contribution in [0.25, 0.3) is 11.1 Å². The van der Waals surface area contributed by atoms with E-state index >= 15 is 0 Å². The molecule has 2 heteroatoms. The van der Waals surface area contributed by atoms with Gasteiger partial charge in [0, 0.05) is 5.02 Å². The summed E-state index contributed by atoms with van der Waals surface area (Å²) in [5.74, 6) is -0.265. The van der Waals surface area contributed by atoms with Gasteiger partial charge in [-0.15, -0.1) is 0 Å². The van der Waals surface area contributed by atoms with E-state index in [0.29, 0.717) is 10.6 Å². The van der Waals surface area contributed by atoms with Gasteiger partial charge in [0.1, 0.15) is 5.82 Å². The Morgan fingerprint density at radius 2 is 2.00 bits per heavy atom. The maximum atomic E-state index is 12.9. The van der Waals surface area contributed by atoms with Gasteiger partial charge in [0.25, 0.3) is 0 Å². The van der Waals surface area contributed by atoms with Crippen LogP contribution in [0.5, 0.6) is 0 Å². The van der Waals surface area contributed by atoms with Crippen molar-refractivity contribution < 1.29 is 4.39 Å². The summed E-state index contributed by atoms with van der Waals surface area (Å²) in [7, 11) is 0. The van der Waals surface area contributed by atoms with Crippen molar-refractivity contribution in [1.29, 1.82) is 0 Å². The molecule has 0 unspecified atom stereocenters. The van der Waals surface area contributed by atoms with E-state index in [1.165, 1.54) is 12.1 Å². The highest BCUT2D eigenvalue weighted by Gasteiger charge is 1.99. The van der Waals surface area contributed by atoms with Gasteiger partial charge in [0.05, 0.1) is 0 Å². The zero-order valence-corrected chi connectivity index (χ0v) is 8.05. The number of rotatable bonds is 1. The maximum absolute atomic E-state index is 12.9. The summed E-state index contributed by atoms with van der Waals surface area (Å²) in [5, 5.41) is 0.639. The highest BCUT2D eigenvalue weighted by Crippen LogP contribution is 2.22. The first-order valence-corrected chi connectivity index (χ1v) is 4.57. The Morgan fingerprint density at radius 3 is 2.71 bits per heavy atom. The van der Waals surface area contributed by atoms with Crippen LogP contribution in [0.4, 0.5) is 4.39 Å². The summed E-state index contributed by atoms with van der Waals surface area (Å²) < 4.78 is 12.9. The summed E-state index contributed by atoms with van der Waals surface area (Å²) >= 11 is 5.83. The first-order chi connectivity index (χ1) is 6.75. The van der Waals surface area contributed by atoms with Crippen LogP contribution in [0, 0.1) is 11.9 Å². The number of hydrogen-bond donors (Lipinski definition) is 0. The van der Waals surface area contributed by atoms with Gasteiger partial charge in [-0.05, 0) is 41.5 Å². The Labute approximate surface area is 87.0 Å². The van der Waals surface area contributed by atoms with Crippen molar-refractivity contribution in [2.45, 2.75) is 0 Å². The van der Waals surface area contributed by atoms with E-state index in [1.807, 2.05) is 12.1 Å². The summed E-state index contributed by atoms with van der Waals surface area (Å²) in [5.41, 5.74) is 1.59. The third-order valence-electron chi connectivity index (χ3n) is 1.90. The molecular weight excluding hydrogens is 199 g/mol. The van der Waals surface area contributed by atoms with Crippen molar-refractivity contribution in [2.24, 2.45) is 0 Å². The van der Waals surface area contributed by atoms with Crippen molar-refractivity contribution in [1.82, 2.24) is 0 Å². The SMILES string of the molecule is Fc1cc[c]c(-c2cccc(Cl)c2)c1. The Bertz CT molecular complexity index is 408. The molecule has 14 heavy (non-hydrogen) atoms. The van der Waals surface area contributed by atoms with Gasteiger partial charge in [-0.1, -0.05) is 29.8 Å². The minimum Gasteiger partial charge on any atom is -0.207 e. The van der Waals surface area contributed by atoms with E-state index in [2.05, 4.69) is 6.07 Å². The molecule has 0 nitrogen and oxygen atoms in total. The number of benzene rings is 2. The van der Waals surface area contributed by atoms with Crippen molar-refractivity contribution in [3.63, 3.8) is 0 Å². The zero-order valence-electron chi connectivity index (χ0n) is 7.30. The Morgan fingerprint density at radius 1 is 1.14 bits per heavy atom. The predicted molar refractivity (Wildman–Crippen MR) is 55.7 cm³/mol. The molecule has 0 saturated heterocycles. The van der Waals surface area contributed by atoms with E-state index in [-0.39, 0.29) is 5.82 Å². The highest BCUT2D eigenvalue weighted by atomic mass is 35.5. The van der Waals surface area contributed by atoms with E-state index in [1.54, 1.807) is 18.2 Å². The molecule has 2 aromatic rings.